The number of esters is 3. The quantitative estimate of drug-likeness (QED) is 0.238. The summed E-state index contributed by atoms with van der Waals surface area (Å²) in [5, 5.41) is 0. The third kappa shape index (κ3) is 10.9. The monoisotopic (exact) mass is 314 g/mol. The number of hydrogen-bond acceptors (Lipinski definition) is 6. The topological polar surface area (TPSA) is 78.9 Å². The molecule has 0 bridgehead atoms. The minimum Gasteiger partial charge on any atom is -0.466 e. The lowest BCUT2D eigenvalue weighted by Gasteiger charge is -2.09. The molecule has 22 heavy (non-hydrogen) atoms. The van der Waals surface area contributed by atoms with E-state index in [1.165, 1.54) is 0 Å². The Bertz CT molecular complexity index is 364. The number of ether oxygens (including phenoxy) is 3. The Kier molecular flexibility index (Phi) is 11.8. The van der Waals surface area contributed by atoms with Gasteiger partial charge in [-0.15, -0.1) is 0 Å². The highest BCUT2D eigenvalue weighted by Gasteiger charge is 2.11. The number of hydrogen-bond donors (Lipinski definition) is 0. The van der Waals surface area contributed by atoms with Crippen molar-refractivity contribution < 1.29 is 28.6 Å². The molecule has 0 saturated heterocycles. The van der Waals surface area contributed by atoms with Gasteiger partial charge in [-0.05, 0) is 25.7 Å². The zero-order valence-electron chi connectivity index (χ0n) is 13.5. The molecular formula is C16H26O6. The number of unbranched alkanes of at least 4 members (excludes halogenated alkanes) is 1. The Morgan fingerprint density at radius 3 is 2.18 bits per heavy atom. The van der Waals surface area contributed by atoms with E-state index in [1.54, 1.807) is 0 Å². The first kappa shape index (κ1) is 20.1. The van der Waals surface area contributed by atoms with Crippen molar-refractivity contribution in [3.63, 3.8) is 0 Å². The van der Waals surface area contributed by atoms with Crippen LogP contribution < -0.4 is 0 Å². The molecule has 6 heteroatoms. The van der Waals surface area contributed by atoms with E-state index in [4.69, 9.17) is 14.2 Å². The smallest absolute Gasteiger partial charge is 0.330 e. The van der Waals surface area contributed by atoms with Gasteiger partial charge in [-0.3, -0.25) is 9.59 Å². The van der Waals surface area contributed by atoms with E-state index in [1.807, 2.05) is 13.8 Å². The standard InChI is InChI=1S/C16H26O6/c1-4-13(3)16(19)22-11-7-6-10-21-15(18)9-8-12-20-14(17)5-2/h5,13H,2,4,6-12H2,1,3H3. The molecule has 0 rings (SSSR count). The molecule has 0 radical (unpaired) electrons. The maximum Gasteiger partial charge on any atom is 0.330 e. The van der Waals surface area contributed by atoms with Crippen molar-refractivity contribution in [3.8, 4) is 0 Å². The highest BCUT2D eigenvalue weighted by Crippen LogP contribution is 2.04. The summed E-state index contributed by atoms with van der Waals surface area (Å²) in [7, 11) is 0. The Balaban J connectivity index is 3.44. The van der Waals surface area contributed by atoms with E-state index < -0.39 is 5.97 Å². The molecule has 6 nitrogen and oxygen atoms in total. The number of carbonyl (C=O) groups excluding carboxylic acids is 3. The summed E-state index contributed by atoms with van der Waals surface area (Å²) in [6.45, 7) is 7.85. The maximum absolute atomic E-state index is 11.4. The molecule has 0 aromatic carbocycles. The van der Waals surface area contributed by atoms with Crippen molar-refractivity contribution in [2.45, 2.75) is 46.0 Å². The Labute approximate surface area is 131 Å². The summed E-state index contributed by atoms with van der Waals surface area (Å²) in [4.78, 5) is 33.5. The largest absolute Gasteiger partial charge is 0.466 e. The fourth-order valence-corrected chi connectivity index (χ4v) is 1.39. The molecule has 0 heterocycles. The molecule has 0 aliphatic carbocycles. The van der Waals surface area contributed by atoms with Gasteiger partial charge in [-0.25, -0.2) is 4.79 Å². The normalized spacial score (nSPS) is 11.4. The van der Waals surface area contributed by atoms with E-state index in [2.05, 4.69) is 6.58 Å². The van der Waals surface area contributed by atoms with E-state index >= 15 is 0 Å². The highest BCUT2D eigenvalue weighted by molar-refractivity contribution is 5.81. The molecule has 0 amide bonds. The molecule has 0 aromatic rings. The van der Waals surface area contributed by atoms with Gasteiger partial charge in [0.1, 0.15) is 0 Å². The second-order valence-corrected chi connectivity index (χ2v) is 4.88. The van der Waals surface area contributed by atoms with Crippen molar-refractivity contribution in [1.29, 1.82) is 0 Å². The van der Waals surface area contributed by atoms with Gasteiger partial charge < -0.3 is 14.2 Å². The van der Waals surface area contributed by atoms with Crippen LogP contribution in [0.5, 0.6) is 0 Å². The van der Waals surface area contributed by atoms with E-state index in [0.717, 1.165) is 12.5 Å². The van der Waals surface area contributed by atoms with Crippen LogP contribution in [0, 0.1) is 5.92 Å². The zero-order chi connectivity index (χ0) is 16.8. The fourth-order valence-electron chi connectivity index (χ4n) is 1.39. The summed E-state index contributed by atoms with van der Waals surface area (Å²) in [5.41, 5.74) is 0. The lowest BCUT2D eigenvalue weighted by atomic mass is 10.1. The van der Waals surface area contributed by atoms with E-state index in [0.29, 0.717) is 32.5 Å². The van der Waals surface area contributed by atoms with Gasteiger partial charge in [0.05, 0.1) is 25.7 Å². The van der Waals surface area contributed by atoms with E-state index in [9.17, 15) is 14.4 Å². The predicted molar refractivity (Wildman–Crippen MR) is 81.0 cm³/mol. The third-order valence-corrected chi connectivity index (χ3v) is 3.00. The van der Waals surface area contributed by atoms with Crippen LogP contribution in [0.1, 0.15) is 46.0 Å². The van der Waals surface area contributed by atoms with Crippen LogP contribution in [0.3, 0.4) is 0 Å². The number of rotatable bonds is 12. The van der Waals surface area contributed by atoms with Gasteiger partial charge in [0.25, 0.3) is 0 Å². The molecule has 1 unspecified atom stereocenters. The SMILES string of the molecule is C=CC(=O)OCCCC(=O)OCCCCOC(=O)C(C)CC. The Morgan fingerprint density at radius 2 is 1.59 bits per heavy atom. The minimum atomic E-state index is -0.500. The lowest BCUT2D eigenvalue weighted by molar-refractivity contribution is -0.149. The molecule has 0 aliphatic rings. The van der Waals surface area contributed by atoms with Crippen LogP contribution in [-0.4, -0.2) is 37.7 Å². The number of carbonyl (C=O) groups is 3. The predicted octanol–water partition coefficient (Wildman–Crippen LogP) is 2.41. The first-order chi connectivity index (χ1) is 10.5. The summed E-state index contributed by atoms with van der Waals surface area (Å²) >= 11 is 0. The highest BCUT2D eigenvalue weighted by atomic mass is 16.5. The molecule has 0 saturated carbocycles. The Morgan fingerprint density at radius 1 is 1.00 bits per heavy atom. The summed E-state index contributed by atoms with van der Waals surface area (Å²) in [5.74, 6) is -1.09. The average Bonchev–Trinajstić information content (AvgIpc) is 2.53. The molecule has 0 aliphatic heterocycles. The average molecular weight is 314 g/mol. The molecular weight excluding hydrogens is 288 g/mol. The zero-order valence-corrected chi connectivity index (χ0v) is 13.5. The maximum atomic E-state index is 11.4. The van der Waals surface area contributed by atoms with Gasteiger partial charge in [-0.1, -0.05) is 20.4 Å². The third-order valence-electron chi connectivity index (χ3n) is 3.00. The van der Waals surface area contributed by atoms with Crippen molar-refractivity contribution >= 4 is 17.9 Å². The first-order valence-corrected chi connectivity index (χ1v) is 7.62. The van der Waals surface area contributed by atoms with Gasteiger partial charge in [0.15, 0.2) is 0 Å². The van der Waals surface area contributed by atoms with Gasteiger partial charge in [0.2, 0.25) is 0 Å². The van der Waals surface area contributed by atoms with Gasteiger partial charge >= 0.3 is 17.9 Å². The van der Waals surface area contributed by atoms with Crippen molar-refractivity contribution in [2.75, 3.05) is 19.8 Å². The fraction of sp³-hybridized carbons (Fsp3) is 0.688. The second kappa shape index (κ2) is 12.9. The van der Waals surface area contributed by atoms with Crippen LogP contribution in [0.4, 0.5) is 0 Å². The van der Waals surface area contributed by atoms with Crippen LogP contribution >= 0.6 is 0 Å². The second-order valence-electron chi connectivity index (χ2n) is 4.88. The van der Waals surface area contributed by atoms with Gasteiger partial charge in [0, 0.05) is 12.5 Å². The molecule has 0 fully saturated rings. The van der Waals surface area contributed by atoms with Crippen LogP contribution in [0.15, 0.2) is 12.7 Å². The van der Waals surface area contributed by atoms with Crippen LogP contribution in [0.25, 0.3) is 0 Å². The van der Waals surface area contributed by atoms with Crippen LogP contribution in [-0.2, 0) is 28.6 Å². The molecule has 0 N–H and O–H groups in total. The van der Waals surface area contributed by atoms with Crippen molar-refractivity contribution in [2.24, 2.45) is 5.92 Å². The molecule has 0 aromatic heterocycles. The molecule has 1 atom stereocenters. The summed E-state index contributed by atoms with van der Waals surface area (Å²) in [6, 6.07) is 0. The summed E-state index contributed by atoms with van der Waals surface area (Å²) in [6.07, 6.45) is 3.76. The van der Waals surface area contributed by atoms with Gasteiger partial charge in [-0.2, -0.15) is 0 Å². The minimum absolute atomic E-state index is 0.0759. The molecule has 126 valence electrons. The van der Waals surface area contributed by atoms with Crippen molar-refractivity contribution in [3.05, 3.63) is 12.7 Å². The van der Waals surface area contributed by atoms with E-state index in [-0.39, 0.29) is 30.9 Å². The lowest BCUT2D eigenvalue weighted by Crippen LogP contribution is -2.15. The Hall–Kier alpha value is -1.85. The van der Waals surface area contributed by atoms with Crippen molar-refractivity contribution in [1.82, 2.24) is 0 Å². The van der Waals surface area contributed by atoms with Crippen LogP contribution in [0.2, 0.25) is 0 Å². The first-order valence-electron chi connectivity index (χ1n) is 7.62. The molecule has 0 spiro atoms. The summed E-state index contributed by atoms with van der Waals surface area (Å²) < 4.78 is 14.8.